The predicted molar refractivity (Wildman–Crippen MR) is 66.8 cm³/mol. The predicted octanol–water partition coefficient (Wildman–Crippen LogP) is 1.08. The zero-order valence-electron chi connectivity index (χ0n) is 11.4. The molecule has 3 unspecified atom stereocenters. The molecule has 0 radical (unpaired) electrons. The highest BCUT2D eigenvalue weighted by Gasteiger charge is 2.26. The molecule has 0 aromatic heterocycles. The van der Waals surface area contributed by atoms with Gasteiger partial charge in [-0.15, -0.1) is 0 Å². The van der Waals surface area contributed by atoms with Crippen molar-refractivity contribution in [2.24, 2.45) is 0 Å². The van der Waals surface area contributed by atoms with Gasteiger partial charge in [0.1, 0.15) is 6.04 Å². The van der Waals surface area contributed by atoms with Crippen molar-refractivity contribution >= 4 is 11.9 Å². The molecule has 3 atom stereocenters. The summed E-state index contributed by atoms with van der Waals surface area (Å²) >= 11 is 0. The molecule has 5 heteroatoms. The Kier molecular flexibility index (Phi) is 6.80. The summed E-state index contributed by atoms with van der Waals surface area (Å²) in [6, 6.07) is -0.985. The van der Waals surface area contributed by atoms with E-state index >= 15 is 0 Å². The van der Waals surface area contributed by atoms with E-state index in [4.69, 9.17) is 5.11 Å². The van der Waals surface area contributed by atoms with Crippen LogP contribution in [0.15, 0.2) is 0 Å². The number of carbonyl (C=O) groups is 2. The van der Waals surface area contributed by atoms with Crippen molar-refractivity contribution in [1.82, 2.24) is 10.2 Å². The van der Waals surface area contributed by atoms with Crippen molar-refractivity contribution in [1.29, 1.82) is 0 Å². The fourth-order valence-electron chi connectivity index (χ4n) is 1.56. The Morgan fingerprint density at radius 1 is 1.24 bits per heavy atom. The molecule has 0 bridgehead atoms. The molecule has 5 nitrogen and oxygen atoms in total. The van der Waals surface area contributed by atoms with Gasteiger partial charge in [-0.1, -0.05) is 13.3 Å². The number of likely N-dealkylation sites (N-methyl/N-ethyl adjacent to an activating group) is 1. The molecule has 0 aromatic carbocycles. The number of hydrogen-bond donors (Lipinski definition) is 2. The number of carboxylic acid groups (broad SMARTS) is 1. The van der Waals surface area contributed by atoms with Gasteiger partial charge in [0, 0.05) is 6.04 Å². The monoisotopic (exact) mass is 244 g/mol. The lowest BCUT2D eigenvalue weighted by Gasteiger charge is -2.28. The molecular formula is C12H24N2O3. The highest BCUT2D eigenvalue weighted by Crippen LogP contribution is 2.04. The van der Waals surface area contributed by atoms with E-state index in [0.717, 1.165) is 12.8 Å². The molecule has 0 rings (SSSR count). The van der Waals surface area contributed by atoms with Gasteiger partial charge in [0.05, 0.1) is 6.04 Å². The second-order valence-electron chi connectivity index (χ2n) is 4.55. The summed E-state index contributed by atoms with van der Waals surface area (Å²) in [7, 11) is 1.65. The molecule has 0 saturated carbocycles. The number of nitrogens with zero attached hydrogens (tertiary/aromatic N) is 1. The molecule has 0 fully saturated rings. The first kappa shape index (κ1) is 15.9. The van der Waals surface area contributed by atoms with Crippen LogP contribution in [0.3, 0.4) is 0 Å². The van der Waals surface area contributed by atoms with Crippen LogP contribution in [0.25, 0.3) is 0 Å². The standard InChI is InChI=1S/C12H24N2O3/c1-6-7-8(2)13-11(15)9(3)14(5)10(4)12(16)17/h8-10H,6-7H2,1-5H3,(H,13,15)(H,16,17). The molecule has 0 aliphatic rings. The van der Waals surface area contributed by atoms with Crippen molar-refractivity contribution in [2.75, 3.05) is 7.05 Å². The highest BCUT2D eigenvalue weighted by atomic mass is 16.4. The van der Waals surface area contributed by atoms with E-state index in [1.54, 1.807) is 25.8 Å². The Hall–Kier alpha value is -1.10. The van der Waals surface area contributed by atoms with E-state index in [-0.39, 0.29) is 11.9 Å². The van der Waals surface area contributed by atoms with E-state index in [1.807, 2.05) is 6.92 Å². The van der Waals surface area contributed by atoms with Crippen LogP contribution in [0.4, 0.5) is 0 Å². The second-order valence-corrected chi connectivity index (χ2v) is 4.55. The van der Waals surface area contributed by atoms with E-state index < -0.39 is 18.1 Å². The maximum absolute atomic E-state index is 11.9. The number of carboxylic acids is 1. The largest absolute Gasteiger partial charge is 0.480 e. The third-order valence-corrected chi connectivity index (χ3v) is 3.07. The molecule has 0 aliphatic carbocycles. The molecule has 2 N–H and O–H groups in total. The minimum Gasteiger partial charge on any atom is -0.480 e. The Morgan fingerprint density at radius 2 is 1.76 bits per heavy atom. The zero-order chi connectivity index (χ0) is 13.6. The Labute approximate surface area is 103 Å². The van der Waals surface area contributed by atoms with Crippen LogP contribution in [0.5, 0.6) is 0 Å². The first-order chi connectivity index (χ1) is 7.81. The van der Waals surface area contributed by atoms with Crippen molar-refractivity contribution < 1.29 is 14.7 Å². The molecular weight excluding hydrogens is 220 g/mol. The maximum Gasteiger partial charge on any atom is 0.320 e. The fourth-order valence-corrected chi connectivity index (χ4v) is 1.56. The van der Waals surface area contributed by atoms with E-state index in [9.17, 15) is 9.59 Å². The van der Waals surface area contributed by atoms with Gasteiger partial charge >= 0.3 is 5.97 Å². The first-order valence-electron chi connectivity index (χ1n) is 6.06. The summed E-state index contributed by atoms with van der Waals surface area (Å²) in [6.07, 6.45) is 1.94. The SMILES string of the molecule is CCCC(C)NC(=O)C(C)N(C)C(C)C(=O)O. The molecule has 0 spiro atoms. The summed E-state index contributed by atoms with van der Waals surface area (Å²) in [5, 5.41) is 11.8. The Morgan fingerprint density at radius 3 is 2.18 bits per heavy atom. The van der Waals surface area contributed by atoms with Crippen LogP contribution in [0.1, 0.15) is 40.5 Å². The summed E-state index contributed by atoms with van der Waals surface area (Å²) < 4.78 is 0. The molecule has 1 amide bonds. The number of hydrogen-bond acceptors (Lipinski definition) is 3. The third kappa shape index (κ3) is 5.17. The molecule has 17 heavy (non-hydrogen) atoms. The van der Waals surface area contributed by atoms with Crippen LogP contribution >= 0.6 is 0 Å². The third-order valence-electron chi connectivity index (χ3n) is 3.07. The summed E-state index contributed by atoms with van der Waals surface area (Å²) in [5.41, 5.74) is 0. The van der Waals surface area contributed by atoms with Crippen LogP contribution in [0, 0.1) is 0 Å². The average molecular weight is 244 g/mol. The Bertz CT molecular complexity index is 268. The first-order valence-corrected chi connectivity index (χ1v) is 6.06. The summed E-state index contributed by atoms with van der Waals surface area (Å²) in [6.45, 7) is 7.30. The van der Waals surface area contributed by atoms with E-state index in [1.165, 1.54) is 0 Å². The van der Waals surface area contributed by atoms with Crippen LogP contribution in [-0.2, 0) is 9.59 Å². The van der Waals surface area contributed by atoms with Gasteiger partial charge in [-0.25, -0.2) is 0 Å². The van der Waals surface area contributed by atoms with Gasteiger partial charge in [-0.3, -0.25) is 14.5 Å². The lowest BCUT2D eigenvalue weighted by Crippen LogP contribution is -2.50. The highest BCUT2D eigenvalue weighted by molar-refractivity contribution is 5.82. The van der Waals surface area contributed by atoms with Crippen molar-refractivity contribution in [3.05, 3.63) is 0 Å². The molecule has 0 aromatic rings. The minimum absolute atomic E-state index is 0.124. The molecule has 0 saturated heterocycles. The summed E-state index contributed by atoms with van der Waals surface area (Å²) in [5.74, 6) is -1.05. The fraction of sp³-hybridized carbons (Fsp3) is 0.833. The molecule has 100 valence electrons. The van der Waals surface area contributed by atoms with Gasteiger partial charge < -0.3 is 10.4 Å². The van der Waals surface area contributed by atoms with Crippen LogP contribution in [0.2, 0.25) is 0 Å². The minimum atomic E-state index is -0.922. The smallest absolute Gasteiger partial charge is 0.320 e. The van der Waals surface area contributed by atoms with Crippen LogP contribution < -0.4 is 5.32 Å². The second kappa shape index (κ2) is 7.27. The number of aliphatic carboxylic acids is 1. The lowest BCUT2D eigenvalue weighted by atomic mass is 10.1. The summed E-state index contributed by atoms with van der Waals surface area (Å²) in [4.78, 5) is 24.2. The van der Waals surface area contributed by atoms with E-state index in [0.29, 0.717) is 0 Å². The van der Waals surface area contributed by atoms with Crippen molar-refractivity contribution in [3.63, 3.8) is 0 Å². The van der Waals surface area contributed by atoms with Crippen molar-refractivity contribution in [2.45, 2.75) is 58.7 Å². The normalized spacial score (nSPS) is 16.4. The zero-order valence-corrected chi connectivity index (χ0v) is 11.4. The van der Waals surface area contributed by atoms with Crippen molar-refractivity contribution in [3.8, 4) is 0 Å². The van der Waals surface area contributed by atoms with Gasteiger partial charge in [-0.2, -0.15) is 0 Å². The van der Waals surface area contributed by atoms with Gasteiger partial charge in [0.15, 0.2) is 0 Å². The number of amides is 1. The topological polar surface area (TPSA) is 69.6 Å². The molecule has 0 aliphatic heterocycles. The van der Waals surface area contributed by atoms with Gasteiger partial charge in [0.2, 0.25) is 5.91 Å². The maximum atomic E-state index is 11.9. The quantitative estimate of drug-likeness (QED) is 0.703. The number of nitrogens with one attached hydrogen (secondary N) is 1. The number of rotatable bonds is 7. The molecule has 0 heterocycles. The lowest BCUT2D eigenvalue weighted by molar-refractivity contribution is -0.143. The van der Waals surface area contributed by atoms with Gasteiger partial charge in [-0.05, 0) is 34.2 Å². The average Bonchev–Trinajstić information content (AvgIpc) is 2.25. The number of carbonyl (C=O) groups excluding carboxylic acids is 1. The van der Waals surface area contributed by atoms with E-state index in [2.05, 4.69) is 12.2 Å². The Balaban J connectivity index is 4.34. The van der Waals surface area contributed by atoms with Crippen LogP contribution in [-0.4, -0.2) is 47.1 Å². The van der Waals surface area contributed by atoms with Gasteiger partial charge in [0.25, 0.3) is 0 Å².